The van der Waals surface area contributed by atoms with E-state index in [-0.39, 0.29) is 0 Å². The number of ether oxygens (including phenoxy) is 3. The van der Waals surface area contributed by atoms with Crippen LogP contribution in [0.1, 0.15) is 39.2 Å². The molecule has 0 radical (unpaired) electrons. The number of hydrogen-bond donors (Lipinski definition) is 1. The molecule has 4 nitrogen and oxygen atoms in total. The van der Waals surface area contributed by atoms with Gasteiger partial charge in [0.15, 0.2) is 11.5 Å². The zero-order valence-electron chi connectivity index (χ0n) is 13.3. The van der Waals surface area contributed by atoms with E-state index in [1.54, 1.807) is 14.2 Å². The standard InChI is InChI=1S/C16H27NO3/c1-6-7-8-20-16-14(18-4)9-13(10-15(16)19-5)11-17-12(2)3/h9-10,12,17H,6-8,11H2,1-5H3. The first-order valence-electron chi connectivity index (χ1n) is 7.23. The summed E-state index contributed by atoms with van der Waals surface area (Å²) in [7, 11) is 3.31. The van der Waals surface area contributed by atoms with E-state index < -0.39 is 0 Å². The third kappa shape index (κ3) is 4.93. The lowest BCUT2D eigenvalue weighted by molar-refractivity contribution is 0.269. The van der Waals surface area contributed by atoms with Crippen LogP contribution in [0.25, 0.3) is 0 Å². The summed E-state index contributed by atoms with van der Waals surface area (Å²) in [5.74, 6) is 2.14. The Kier molecular flexibility index (Phi) is 7.23. The molecule has 0 heterocycles. The second-order valence-corrected chi connectivity index (χ2v) is 5.07. The normalized spacial score (nSPS) is 10.7. The number of rotatable bonds is 9. The van der Waals surface area contributed by atoms with Gasteiger partial charge in [0.25, 0.3) is 0 Å². The second kappa shape index (κ2) is 8.69. The van der Waals surface area contributed by atoms with Crippen LogP contribution in [0.3, 0.4) is 0 Å². The lowest BCUT2D eigenvalue weighted by Gasteiger charge is -2.17. The van der Waals surface area contributed by atoms with E-state index in [1.807, 2.05) is 12.1 Å². The molecule has 0 aliphatic carbocycles. The molecule has 1 aromatic rings. The van der Waals surface area contributed by atoms with Crippen LogP contribution in [-0.2, 0) is 6.54 Å². The van der Waals surface area contributed by atoms with Gasteiger partial charge in [0.05, 0.1) is 20.8 Å². The van der Waals surface area contributed by atoms with Crippen molar-refractivity contribution < 1.29 is 14.2 Å². The summed E-state index contributed by atoms with van der Waals surface area (Å²) in [5.41, 5.74) is 1.12. The van der Waals surface area contributed by atoms with E-state index in [0.29, 0.717) is 18.4 Å². The molecule has 0 amide bonds. The fraction of sp³-hybridized carbons (Fsp3) is 0.625. The van der Waals surface area contributed by atoms with Crippen molar-refractivity contribution in [1.82, 2.24) is 5.32 Å². The van der Waals surface area contributed by atoms with Gasteiger partial charge in [0, 0.05) is 12.6 Å². The number of hydrogen-bond acceptors (Lipinski definition) is 4. The van der Waals surface area contributed by atoms with Gasteiger partial charge in [-0.25, -0.2) is 0 Å². The van der Waals surface area contributed by atoms with Crippen LogP contribution in [0.2, 0.25) is 0 Å². The van der Waals surface area contributed by atoms with Gasteiger partial charge < -0.3 is 19.5 Å². The molecule has 114 valence electrons. The minimum atomic E-state index is 0.437. The molecule has 0 saturated heterocycles. The Morgan fingerprint density at radius 1 is 1.10 bits per heavy atom. The number of benzene rings is 1. The summed E-state index contributed by atoms with van der Waals surface area (Å²) in [6, 6.07) is 4.44. The first-order valence-corrected chi connectivity index (χ1v) is 7.23. The molecule has 1 rings (SSSR count). The van der Waals surface area contributed by atoms with Gasteiger partial charge >= 0.3 is 0 Å². The van der Waals surface area contributed by atoms with Crippen LogP contribution in [0.5, 0.6) is 17.2 Å². The van der Waals surface area contributed by atoms with Crippen molar-refractivity contribution >= 4 is 0 Å². The first-order chi connectivity index (χ1) is 9.62. The van der Waals surface area contributed by atoms with Gasteiger partial charge in [-0.3, -0.25) is 0 Å². The lowest BCUT2D eigenvalue weighted by atomic mass is 10.1. The Morgan fingerprint density at radius 3 is 2.15 bits per heavy atom. The summed E-state index contributed by atoms with van der Waals surface area (Å²) in [4.78, 5) is 0. The number of methoxy groups -OCH3 is 2. The minimum absolute atomic E-state index is 0.437. The minimum Gasteiger partial charge on any atom is -0.493 e. The van der Waals surface area contributed by atoms with Crippen molar-refractivity contribution in [2.75, 3.05) is 20.8 Å². The Labute approximate surface area is 122 Å². The van der Waals surface area contributed by atoms with Crippen molar-refractivity contribution in [1.29, 1.82) is 0 Å². The van der Waals surface area contributed by atoms with E-state index in [1.165, 1.54) is 0 Å². The summed E-state index contributed by atoms with van der Waals surface area (Å²) >= 11 is 0. The molecule has 0 aliphatic heterocycles. The first kappa shape index (κ1) is 16.6. The van der Waals surface area contributed by atoms with Crippen LogP contribution in [0.4, 0.5) is 0 Å². The summed E-state index contributed by atoms with van der Waals surface area (Å²) < 4.78 is 16.7. The molecule has 0 unspecified atom stereocenters. The Hall–Kier alpha value is -1.42. The van der Waals surface area contributed by atoms with Gasteiger partial charge in [-0.15, -0.1) is 0 Å². The van der Waals surface area contributed by atoms with Crippen LogP contribution in [0.15, 0.2) is 12.1 Å². The highest BCUT2D eigenvalue weighted by Gasteiger charge is 2.14. The average molecular weight is 281 g/mol. The van der Waals surface area contributed by atoms with E-state index >= 15 is 0 Å². The zero-order chi connectivity index (χ0) is 15.0. The van der Waals surface area contributed by atoms with Crippen molar-refractivity contribution in [3.05, 3.63) is 17.7 Å². The van der Waals surface area contributed by atoms with E-state index in [0.717, 1.165) is 36.4 Å². The predicted octanol–water partition coefficient (Wildman–Crippen LogP) is 3.38. The van der Waals surface area contributed by atoms with Crippen molar-refractivity contribution in [2.45, 2.75) is 46.2 Å². The maximum atomic E-state index is 5.80. The molecule has 0 spiro atoms. The molecule has 0 bridgehead atoms. The topological polar surface area (TPSA) is 39.7 Å². The Bertz CT molecular complexity index is 380. The summed E-state index contributed by atoms with van der Waals surface area (Å²) in [5, 5.41) is 3.38. The van der Waals surface area contributed by atoms with Gasteiger partial charge in [-0.1, -0.05) is 27.2 Å². The van der Waals surface area contributed by atoms with E-state index in [2.05, 4.69) is 26.1 Å². The molecule has 4 heteroatoms. The maximum Gasteiger partial charge on any atom is 0.203 e. The lowest BCUT2D eigenvalue weighted by Crippen LogP contribution is -2.21. The van der Waals surface area contributed by atoms with Gasteiger partial charge in [-0.2, -0.15) is 0 Å². The third-order valence-corrected chi connectivity index (χ3v) is 2.98. The van der Waals surface area contributed by atoms with Gasteiger partial charge in [-0.05, 0) is 24.1 Å². The highest BCUT2D eigenvalue weighted by molar-refractivity contribution is 5.53. The number of unbranched alkanes of at least 4 members (excludes halogenated alkanes) is 1. The van der Waals surface area contributed by atoms with Crippen molar-refractivity contribution in [3.63, 3.8) is 0 Å². The van der Waals surface area contributed by atoms with Gasteiger partial charge in [0.1, 0.15) is 0 Å². The highest BCUT2D eigenvalue weighted by atomic mass is 16.5. The molecular formula is C16H27NO3. The SMILES string of the molecule is CCCCOc1c(OC)cc(CNC(C)C)cc1OC. The number of nitrogens with one attached hydrogen (secondary N) is 1. The summed E-state index contributed by atoms with van der Waals surface area (Å²) in [6.07, 6.45) is 2.12. The third-order valence-electron chi connectivity index (χ3n) is 2.98. The fourth-order valence-electron chi connectivity index (χ4n) is 1.82. The molecule has 0 aromatic heterocycles. The quantitative estimate of drug-likeness (QED) is 0.704. The van der Waals surface area contributed by atoms with E-state index in [9.17, 15) is 0 Å². The smallest absolute Gasteiger partial charge is 0.203 e. The second-order valence-electron chi connectivity index (χ2n) is 5.07. The average Bonchev–Trinajstić information content (AvgIpc) is 2.45. The van der Waals surface area contributed by atoms with E-state index in [4.69, 9.17) is 14.2 Å². The van der Waals surface area contributed by atoms with Crippen LogP contribution in [-0.4, -0.2) is 26.9 Å². The zero-order valence-corrected chi connectivity index (χ0v) is 13.3. The molecule has 0 atom stereocenters. The Morgan fingerprint density at radius 2 is 1.70 bits per heavy atom. The monoisotopic (exact) mass is 281 g/mol. The molecule has 0 fully saturated rings. The molecule has 1 aromatic carbocycles. The van der Waals surface area contributed by atoms with Crippen molar-refractivity contribution in [2.24, 2.45) is 0 Å². The molecule has 1 N–H and O–H groups in total. The fourth-order valence-corrected chi connectivity index (χ4v) is 1.82. The highest BCUT2D eigenvalue weighted by Crippen LogP contribution is 2.38. The molecule has 20 heavy (non-hydrogen) atoms. The van der Waals surface area contributed by atoms with Crippen LogP contribution >= 0.6 is 0 Å². The van der Waals surface area contributed by atoms with Crippen molar-refractivity contribution in [3.8, 4) is 17.2 Å². The molecule has 0 saturated carbocycles. The largest absolute Gasteiger partial charge is 0.493 e. The summed E-state index contributed by atoms with van der Waals surface area (Å²) in [6.45, 7) is 7.83. The maximum absolute atomic E-state index is 5.80. The predicted molar refractivity (Wildman–Crippen MR) is 81.9 cm³/mol. The van der Waals surface area contributed by atoms with Crippen LogP contribution < -0.4 is 19.5 Å². The molecular weight excluding hydrogens is 254 g/mol. The molecule has 0 aliphatic rings. The van der Waals surface area contributed by atoms with Gasteiger partial charge in [0.2, 0.25) is 5.75 Å². The Balaban J connectivity index is 2.92. The van der Waals surface area contributed by atoms with Crippen LogP contribution in [0, 0.1) is 0 Å².